The first-order valence-electron chi connectivity index (χ1n) is 14.2. The molecule has 0 unspecified atom stereocenters. The van der Waals surface area contributed by atoms with E-state index in [0.717, 1.165) is 0 Å². The third kappa shape index (κ3) is 9.96. The van der Waals surface area contributed by atoms with Gasteiger partial charge in [-0.25, -0.2) is 0 Å². The summed E-state index contributed by atoms with van der Waals surface area (Å²) in [4.78, 5) is 0. The van der Waals surface area contributed by atoms with Gasteiger partial charge in [0.25, 0.3) is 0 Å². The lowest BCUT2D eigenvalue weighted by Gasteiger charge is -1.99. The first-order valence-corrected chi connectivity index (χ1v) is 2.72. The van der Waals surface area contributed by atoms with Crippen LogP contribution in [0.25, 0.3) is 0 Å². The number of hydrogen-bond acceptors (Lipinski definition) is 1. The van der Waals surface area contributed by atoms with Crippen LogP contribution in [0.1, 0.15) is 95.7 Å². The third-order valence-corrected chi connectivity index (χ3v) is 0.556. The molecule has 0 radical (unpaired) electrons. The topological polar surface area (TPSA) is 20.2 Å². The second-order valence-electron chi connectivity index (χ2n) is 1.24. The van der Waals surface area contributed by atoms with Gasteiger partial charge in [-0.2, -0.15) is 0 Å². The molecular weight excluding hydrogens is 148 g/mol. The van der Waals surface area contributed by atoms with Crippen molar-refractivity contribution in [3.63, 3.8) is 0 Å². The van der Waals surface area contributed by atoms with Gasteiger partial charge in [-0.15, -0.1) is 0 Å². The molecule has 0 aromatic heterocycles. The normalized spacial score (nSPS) is 51.9. The van der Waals surface area contributed by atoms with E-state index in [1.54, 1.807) is 0 Å². The van der Waals surface area contributed by atoms with Crippen LogP contribution in [0.5, 0.6) is 0 Å². The number of hydrogen-bond donors (Lipinski definition) is 1. The zero-order valence-corrected chi connectivity index (χ0v) is 5.95. The Kier molecular flexibility index (Phi) is 1.14. The molecule has 12 heavy (non-hydrogen) atoms. The van der Waals surface area contributed by atoms with Crippen LogP contribution < -0.4 is 0 Å². The van der Waals surface area contributed by atoms with Crippen LogP contribution in [0.3, 0.4) is 0 Å². The van der Waals surface area contributed by atoms with E-state index >= 15 is 0 Å². The SMILES string of the molecule is [2H]C([2H])([2H])C([2H])([2H])C([2H])([2H])C([2H])([2H])C([2H])([2H])C([2H])([2H])C([2H])([2H])C([2H])([2H])C([2H])([2H])C([2H])([2H])C([2H])([2H])O. The fourth-order valence-electron chi connectivity index (χ4n) is 0.247. The zero-order chi connectivity index (χ0) is 29.5. The van der Waals surface area contributed by atoms with E-state index in [1.807, 2.05) is 0 Å². The van der Waals surface area contributed by atoms with Gasteiger partial charge in [0.05, 0.1) is 2.74 Å². The molecular formula is C11H24O. The molecule has 0 amide bonds. The van der Waals surface area contributed by atoms with E-state index < -0.39 is 70.8 Å². The molecule has 0 fully saturated rings. The predicted octanol–water partition coefficient (Wildman–Crippen LogP) is 3.51. The van der Waals surface area contributed by atoms with E-state index in [1.165, 1.54) is 0 Å². The monoisotopic (exact) mass is 195 g/mol. The molecule has 0 saturated heterocycles. The Labute approximate surface area is 109 Å². The Balaban J connectivity index is 7.15. The van der Waals surface area contributed by atoms with Crippen LogP contribution in [0.15, 0.2) is 0 Å². The average Bonchev–Trinajstić information content (AvgIpc) is 2.58. The maximum atomic E-state index is 9.33. The van der Waals surface area contributed by atoms with E-state index in [2.05, 4.69) is 0 Å². The highest BCUT2D eigenvalue weighted by molar-refractivity contribution is 4.45. The van der Waals surface area contributed by atoms with Gasteiger partial charge >= 0.3 is 0 Å². The van der Waals surface area contributed by atoms with Gasteiger partial charge in [-0.3, -0.25) is 0 Å². The van der Waals surface area contributed by atoms with Crippen molar-refractivity contribution < 1.29 is 36.6 Å². The summed E-state index contributed by atoms with van der Waals surface area (Å²) < 4.78 is 174. The molecule has 0 spiro atoms. The minimum atomic E-state index is -4.73. The summed E-state index contributed by atoms with van der Waals surface area (Å²) >= 11 is 0. The van der Waals surface area contributed by atoms with Crippen molar-refractivity contribution in [3.05, 3.63) is 0 Å². The maximum Gasteiger partial charge on any atom is 0.0564 e. The summed E-state index contributed by atoms with van der Waals surface area (Å²) in [7, 11) is 0. The molecule has 74 valence electrons. The Morgan fingerprint density at radius 2 is 1.42 bits per heavy atom. The molecule has 0 aliphatic rings. The molecule has 0 aromatic rings. The van der Waals surface area contributed by atoms with Gasteiger partial charge in [-0.1, -0.05) is 57.8 Å². The van der Waals surface area contributed by atoms with Gasteiger partial charge in [0.1, 0.15) is 0 Å². The van der Waals surface area contributed by atoms with Crippen LogP contribution in [0.2, 0.25) is 0 Å². The first kappa shape index (κ1) is 1.25. The number of rotatable bonds is 9. The Bertz CT molecular complexity index is 716. The zero-order valence-electron chi connectivity index (χ0n) is 28.9. The van der Waals surface area contributed by atoms with E-state index in [9.17, 15) is 5.11 Å². The predicted molar refractivity (Wildman–Crippen MR) is 54.3 cm³/mol. The molecule has 0 aliphatic heterocycles. The van der Waals surface area contributed by atoms with Gasteiger partial charge in [-0.05, 0) is 6.37 Å². The molecule has 1 nitrogen and oxygen atoms in total. The molecule has 0 rings (SSSR count). The summed E-state index contributed by atoms with van der Waals surface area (Å²) in [5.74, 6) is 0. The summed E-state index contributed by atoms with van der Waals surface area (Å²) in [6, 6.07) is 0. The summed E-state index contributed by atoms with van der Waals surface area (Å²) in [6.45, 7) is -8.16. The minimum absolute atomic E-state index is 3.96. The molecule has 0 aliphatic carbocycles. The largest absolute Gasteiger partial charge is 0.396 e. The third-order valence-electron chi connectivity index (χ3n) is 0.556. The van der Waals surface area contributed by atoms with Crippen LogP contribution in [-0.2, 0) is 0 Å². The second kappa shape index (κ2) is 11.0. The van der Waals surface area contributed by atoms with Crippen molar-refractivity contribution in [2.45, 2.75) is 64.2 Å². The molecule has 1 N–H and O–H groups in total. The minimum Gasteiger partial charge on any atom is -0.396 e. The van der Waals surface area contributed by atoms with Gasteiger partial charge in [0.15, 0.2) is 0 Å². The molecule has 1 heteroatoms. The summed E-state index contributed by atoms with van der Waals surface area (Å²) in [5, 5.41) is 9.33. The lowest BCUT2D eigenvalue weighted by Crippen LogP contribution is -1.84. The van der Waals surface area contributed by atoms with Crippen LogP contribution in [0, 0.1) is 0 Å². The lowest BCUT2D eigenvalue weighted by atomic mass is 10.1. The van der Waals surface area contributed by atoms with E-state index in [-0.39, 0.29) is 0 Å². The first-order chi connectivity index (χ1) is 14.5. The maximum absolute atomic E-state index is 9.33. The standard InChI is InChI=1S/C11H24O/c1-2-3-4-5-6-7-8-9-10-11-12/h12H,2-11H2,1H3/i1D3,2D2,3D2,4D2,5D2,6D2,7D2,8D2,9D2,10D2,11D2. The smallest absolute Gasteiger partial charge is 0.0564 e. The van der Waals surface area contributed by atoms with Crippen molar-refractivity contribution >= 4 is 0 Å². The average molecular weight is 195 g/mol. The fraction of sp³-hybridized carbons (Fsp3) is 1.00. The fourth-order valence-corrected chi connectivity index (χ4v) is 0.247. The van der Waals surface area contributed by atoms with Crippen LogP contribution >= 0.6 is 0 Å². The Hall–Kier alpha value is -0.0400. The highest BCUT2D eigenvalue weighted by atomic mass is 16.2. The molecule has 0 heterocycles. The molecule has 0 aromatic carbocycles. The lowest BCUT2D eigenvalue weighted by molar-refractivity contribution is 0.282. The van der Waals surface area contributed by atoms with Crippen molar-refractivity contribution in [1.82, 2.24) is 0 Å². The van der Waals surface area contributed by atoms with Gasteiger partial charge < -0.3 is 5.11 Å². The van der Waals surface area contributed by atoms with Gasteiger partial charge in [0.2, 0.25) is 0 Å². The highest BCUT2D eigenvalue weighted by Crippen LogP contribution is 2.08. The number of aliphatic hydroxyl groups is 1. The quantitative estimate of drug-likeness (QED) is 0.597. The van der Waals surface area contributed by atoms with Crippen molar-refractivity contribution in [3.8, 4) is 0 Å². The van der Waals surface area contributed by atoms with Crippen molar-refractivity contribution in [2.75, 3.05) is 6.56 Å². The van der Waals surface area contributed by atoms with Crippen LogP contribution in [0.4, 0.5) is 0 Å². The van der Waals surface area contributed by atoms with Gasteiger partial charge in [0, 0.05) is 35.3 Å². The second-order valence-corrected chi connectivity index (χ2v) is 1.24. The molecule has 0 saturated carbocycles. The highest BCUT2D eigenvalue weighted by Gasteiger charge is 1.90. The van der Waals surface area contributed by atoms with E-state index in [4.69, 9.17) is 31.5 Å². The van der Waals surface area contributed by atoms with Crippen LogP contribution in [-0.4, -0.2) is 11.7 Å². The Morgan fingerprint density at radius 3 is 1.92 bits per heavy atom. The molecule has 0 bridgehead atoms. The van der Waals surface area contributed by atoms with Crippen molar-refractivity contribution in [1.29, 1.82) is 0 Å². The van der Waals surface area contributed by atoms with Crippen molar-refractivity contribution in [2.24, 2.45) is 0 Å². The molecule has 0 atom stereocenters. The van der Waals surface area contributed by atoms with E-state index in [0.29, 0.717) is 0 Å². The Morgan fingerprint density at radius 1 is 0.917 bits per heavy atom. The summed E-state index contributed by atoms with van der Waals surface area (Å²) in [5.41, 5.74) is 0. The summed E-state index contributed by atoms with van der Waals surface area (Å²) in [6.07, 6.45) is -40.9.